The fourth-order valence-electron chi connectivity index (χ4n) is 3.41. The number of nitrogens with one attached hydrogen (secondary N) is 1. The van der Waals surface area contributed by atoms with Gasteiger partial charge in [0.1, 0.15) is 0 Å². The topological polar surface area (TPSA) is 75.9 Å². The van der Waals surface area contributed by atoms with Crippen LogP contribution in [0.15, 0.2) is 42.5 Å². The Labute approximate surface area is 158 Å². The molecular formula is C20H22N6O. The minimum absolute atomic E-state index is 0.122. The molecule has 3 aromatic rings. The van der Waals surface area contributed by atoms with Gasteiger partial charge in [0.05, 0.1) is 11.4 Å². The number of likely N-dealkylation sites (N-methyl/N-ethyl adjacent to an activating group) is 1. The van der Waals surface area contributed by atoms with Crippen LogP contribution < -0.4 is 5.32 Å². The SMILES string of the molecule is Cc1cc2c(cc1C)-n1nnnc1C(N(C)CCc1ccccc1)C(=O)N2. The lowest BCUT2D eigenvalue weighted by atomic mass is 10.1. The maximum Gasteiger partial charge on any atom is 0.249 e. The molecule has 138 valence electrons. The number of hydrogen-bond acceptors (Lipinski definition) is 5. The van der Waals surface area contributed by atoms with Crippen molar-refractivity contribution in [3.05, 3.63) is 65.0 Å². The Hall–Kier alpha value is -3.06. The highest BCUT2D eigenvalue weighted by Gasteiger charge is 2.34. The van der Waals surface area contributed by atoms with E-state index in [-0.39, 0.29) is 5.91 Å². The van der Waals surface area contributed by atoms with Crippen molar-refractivity contribution in [1.82, 2.24) is 25.1 Å². The van der Waals surface area contributed by atoms with Crippen LogP contribution in [0, 0.1) is 13.8 Å². The number of anilines is 1. The molecule has 2 heterocycles. The molecule has 0 bridgehead atoms. The van der Waals surface area contributed by atoms with Crippen LogP contribution in [0.1, 0.15) is 28.6 Å². The highest BCUT2D eigenvalue weighted by atomic mass is 16.2. The number of aryl methyl sites for hydroxylation is 2. The Balaban J connectivity index is 1.66. The van der Waals surface area contributed by atoms with Crippen LogP contribution in [0.4, 0.5) is 5.69 Å². The molecule has 0 aliphatic carbocycles. The molecule has 7 heteroatoms. The third kappa shape index (κ3) is 3.21. The van der Waals surface area contributed by atoms with Gasteiger partial charge >= 0.3 is 0 Å². The van der Waals surface area contributed by atoms with Crippen molar-refractivity contribution in [3.63, 3.8) is 0 Å². The molecule has 2 aromatic carbocycles. The smallest absolute Gasteiger partial charge is 0.249 e. The number of nitrogens with zero attached hydrogens (tertiary/aromatic N) is 5. The van der Waals surface area contributed by atoms with Crippen molar-refractivity contribution in [2.24, 2.45) is 0 Å². The lowest BCUT2D eigenvalue weighted by molar-refractivity contribution is -0.121. The molecule has 1 N–H and O–H groups in total. The summed E-state index contributed by atoms with van der Waals surface area (Å²) >= 11 is 0. The van der Waals surface area contributed by atoms with Gasteiger partial charge in [-0.15, -0.1) is 5.10 Å². The molecule has 0 fully saturated rings. The van der Waals surface area contributed by atoms with E-state index in [1.807, 2.05) is 56.1 Å². The molecule has 0 saturated carbocycles. The van der Waals surface area contributed by atoms with Crippen LogP contribution in [-0.2, 0) is 11.2 Å². The van der Waals surface area contributed by atoms with Crippen LogP contribution in [0.5, 0.6) is 0 Å². The summed E-state index contributed by atoms with van der Waals surface area (Å²) < 4.78 is 1.67. The molecule has 4 rings (SSSR count). The summed E-state index contributed by atoms with van der Waals surface area (Å²) in [6.07, 6.45) is 0.841. The summed E-state index contributed by atoms with van der Waals surface area (Å²) in [5.74, 6) is 0.411. The third-order valence-corrected chi connectivity index (χ3v) is 5.12. The molecule has 1 atom stereocenters. The second kappa shape index (κ2) is 6.92. The second-order valence-corrected chi connectivity index (χ2v) is 7.01. The fraction of sp³-hybridized carbons (Fsp3) is 0.300. The molecule has 27 heavy (non-hydrogen) atoms. The Bertz CT molecular complexity index is 981. The zero-order chi connectivity index (χ0) is 19.0. The molecule has 0 saturated heterocycles. The average molecular weight is 362 g/mol. The number of fused-ring (bicyclic) bond motifs is 3. The summed E-state index contributed by atoms with van der Waals surface area (Å²) in [6.45, 7) is 4.77. The molecule has 1 aromatic heterocycles. The van der Waals surface area contributed by atoms with Gasteiger partial charge in [0, 0.05) is 6.54 Å². The highest BCUT2D eigenvalue weighted by molar-refractivity contribution is 5.98. The molecule has 0 radical (unpaired) electrons. The van der Waals surface area contributed by atoms with Crippen molar-refractivity contribution in [1.29, 1.82) is 0 Å². The average Bonchev–Trinajstić information content (AvgIpc) is 3.09. The Morgan fingerprint density at radius 3 is 2.67 bits per heavy atom. The van der Waals surface area contributed by atoms with Crippen molar-refractivity contribution in [3.8, 4) is 5.69 Å². The minimum Gasteiger partial charge on any atom is -0.322 e. The fourth-order valence-corrected chi connectivity index (χ4v) is 3.41. The van der Waals surface area contributed by atoms with E-state index in [2.05, 4.69) is 33.0 Å². The first-order valence-electron chi connectivity index (χ1n) is 8.99. The quantitative estimate of drug-likeness (QED) is 0.771. The van der Waals surface area contributed by atoms with Gasteiger partial charge in [0.2, 0.25) is 5.91 Å². The monoisotopic (exact) mass is 362 g/mol. The van der Waals surface area contributed by atoms with Crippen molar-refractivity contribution < 1.29 is 4.79 Å². The zero-order valence-corrected chi connectivity index (χ0v) is 15.7. The van der Waals surface area contributed by atoms with Gasteiger partial charge in [-0.05, 0) is 66.6 Å². The number of aromatic nitrogens is 4. The first kappa shape index (κ1) is 17.4. The van der Waals surface area contributed by atoms with Crippen LogP contribution in [0.25, 0.3) is 5.69 Å². The van der Waals surface area contributed by atoms with Gasteiger partial charge in [-0.1, -0.05) is 30.3 Å². The zero-order valence-electron chi connectivity index (χ0n) is 15.7. The molecule has 1 unspecified atom stereocenters. The number of carbonyl (C=O) groups excluding carboxylic acids is 1. The molecular weight excluding hydrogens is 340 g/mol. The summed E-state index contributed by atoms with van der Waals surface area (Å²) in [5.41, 5.74) is 4.99. The van der Waals surface area contributed by atoms with E-state index in [9.17, 15) is 4.79 Å². The summed E-state index contributed by atoms with van der Waals surface area (Å²) in [6, 6.07) is 13.7. The number of hydrogen-bond donors (Lipinski definition) is 1. The maximum absolute atomic E-state index is 13.0. The van der Waals surface area contributed by atoms with E-state index >= 15 is 0 Å². The second-order valence-electron chi connectivity index (χ2n) is 7.01. The van der Waals surface area contributed by atoms with E-state index in [1.165, 1.54) is 5.56 Å². The van der Waals surface area contributed by atoms with E-state index in [1.54, 1.807) is 4.68 Å². The van der Waals surface area contributed by atoms with Gasteiger partial charge in [0.25, 0.3) is 0 Å². The molecule has 1 aliphatic heterocycles. The third-order valence-electron chi connectivity index (χ3n) is 5.12. The normalized spacial score (nSPS) is 15.9. The molecule has 7 nitrogen and oxygen atoms in total. The number of amides is 1. The van der Waals surface area contributed by atoms with Gasteiger partial charge in [-0.2, -0.15) is 4.68 Å². The van der Waals surface area contributed by atoms with Gasteiger partial charge < -0.3 is 5.32 Å². The Kier molecular flexibility index (Phi) is 4.45. The number of rotatable bonds is 4. The largest absolute Gasteiger partial charge is 0.322 e. The van der Waals surface area contributed by atoms with Crippen molar-refractivity contribution in [2.75, 3.05) is 18.9 Å². The summed E-state index contributed by atoms with van der Waals surface area (Å²) in [7, 11) is 1.93. The maximum atomic E-state index is 13.0. The van der Waals surface area contributed by atoms with Gasteiger partial charge in [-0.3, -0.25) is 9.69 Å². The number of carbonyl (C=O) groups is 1. The first-order valence-corrected chi connectivity index (χ1v) is 8.99. The van der Waals surface area contributed by atoms with Crippen LogP contribution in [0.3, 0.4) is 0 Å². The Morgan fingerprint density at radius 2 is 1.89 bits per heavy atom. The van der Waals surface area contributed by atoms with E-state index in [0.29, 0.717) is 12.4 Å². The van der Waals surface area contributed by atoms with E-state index in [0.717, 1.165) is 28.9 Å². The summed E-state index contributed by atoms with van der Waals surface area (Å²) in [5, 5.41) is 15.2. The van der Waals surface area contributed by atoms with E-state index < -0.39 is 6.04 Å². The first-order chi connectivity index (χ1) is 13.0. The number of benzene rings is 2. The minimum atomic E-state index is -0.559. The lowest BCUT2D eigenvalue weighted by Crippen LogP contribution is -2.36. The number of tetrazole rings is 1. The van der Waals surface area contributed by atoms with Gasteiger partial charge in [-0.25, -0.2) is 0 Å². The highest BCUT2D eigenvalue weighted by Crippen LogP contribution is 2.32. The van der Waals surface area contributed by atoms with Crippen LogP contribution >= 0.6 is 0 Å². The predicted octanol–water partition coefficient (Wildman–Crippen LogP) is 2.45. The van der Waals surface area contributed by atoms with Crippen LogP contribution in [0.2, 0.25) is 0 Å². The summed E-state index contributed by atoms with van der Waals surface area (Å²) in [4.78, 5) is 15.0. The lowest BCUT2D eigenvalue weighted by Gasteiger charge is -2.24. The van der Waals surface area contributed by atoms with Gasteiger partial charge in [0.15, 0.2) is 11.9 Å². The Morgan fingerprint density at radius 1 is 1.15 bits per heavy atom. The van der Waals surface area contributed by atoms with Crippen molar-refractivity contribution in [2.45, 2.75) is 26.3 Å². The molecule has 1 amide bonds. The molecule has 1 aliphatic rings. The van der Waals surface area contributed by atoms with Crippen LogP contribution in [-0.4, -0.2) is 44.6 Å². The predicted molar refractivity (Wildman–Crippen MR) is 103 cm³/mol. The van der Waals surface area contributed by atoms with E-state index in [4.69, 9.17) is 0 Å². The standard InChI is InChI=1S/C20H22N6O/c1-13-11-16-17(12-14(13)2)26-19(22-23-24-26)18(20(27)21-16)25(3)10-9-15-7-5-4-6-8-15/h4-8,11-12,18H,9-10H2,1-3H3,(H,21,27). The van der Waals surface area contributed by atoms with Crippen molar-refractivity contribution >= 4 is 11.6 Å². The molecule has 0 spiro atoms.